The van der Waals surface area contributed by atoms with Gasteiger partial charge in [0, 0.05) is 11.4 Å². The maximum Gasteiger partial charge on any atom is 0.340 e. The summed E-state index contributed by atoms with van der Waals surface area (Å²) in [7, 11) is 0. The average molecular weight is 243 g/mol. The summed E-state index contributed by atoms with van der Waals surface area (Å²) in [6.45, 7) is 2.01. The second-order valence-electron chi connectivity index (χ2n) is 3.51. The summed E-state index contributed by atoms with van der Waals surface area (Å²) in [5.74, 6) is -0.528. The zero-order valence-electron chi connectivity index (χ0n) is 9.15. The topological polar surface area (TPSA) is 46.5 Å². The van der Waals surface area contributed by atoms with Crippen LogP contribution in [0.15, 0.2) is 24.3 Å². The maximum absolute atomic E-state index is 11.5. The third kappa shape index (κ3) is 4.21. The molecule has 0 aliphatic heterocycles. The van der Waals surface area contributed by atoms with Crippen LogP contribution in [0.3, 0.4) is 0 Å². The summed E-state index contributed by atoms with van der Waals surface area (Å²) in [6.07, 6.45) is 1.23. The van der Waals surface area contributed by atoms with Crippen LogP contribution in [0, 0.1) is 0 Å². The number of carbonyl (C=O) groups is 1. The predicted octanol–water partition coefficient (Wildman–Crippen LogP) is 3.01. The highest BCUT2D eigenvalue weighted by Gasteiger charge is 2.12. The Hall–Kier alpha value is -1.06. The molecular formula is C12H15ClO3. The van der Waals surface area contributed by atoms with Crippen molar-refractivity contribution < 1.29 is 14.6 Å². The number of hydrogen-bond acceptors (Lipinski definition) is 3. The number of halogens is 1. The molecule has 0 radical (unpaired) electrons. The van der Waals surface area contributed by atoms with Crippen molar-refractivity contribution in [3.05, 3.63) is 34.9 Å². The van der Waals surface area contributed by atoms with Crippen LogP contribution in [0.1, 0.15) is 36.5 Å². The molecule has 0 amide bonds. The molecule has 1 unspecified atom stereocenters. The van der Waals surface area contributed by atoms with E-state index in [-0.39, 0.29) is 0 Å². The summed E-state index contributed by atoms with van der Waals surface area (Å²) < 4.78 is 4.85. The molecule has 1 aromatic carbocycles. The second-order valence-corrected chi connectivity index (χ2v) is 3.95. The summed E-state index contributed by atoms with van der Waals surface area (Å²) in [5, 5.41) is 9.96. The van der Waals surface area contributed by atoms with Crippen LogP contribution in [0.2, 0.25) is 5.02 Å². The van der Waals surface area contributed by atoms with Crippen LogP contribution >= 0.6 is 11.6 Å². The summed E-state index contributed by atoms with van der Waals surface area (Å²) in [6, 6.07) is 6.35. The third-order valence-corrected chi connectivity index (χ3v) is 2.38. The zero-order valence-corrected chi connectivity index (χ0v) is 9.91. The fourth-order valence-corrected chi connectivity index (χ4v) is 1.34. The number of ether oxygens (including phenoxy) is 1. The summed E-state index contributed by atoms with van der Waals surface area (Å²) in [5.41, 5.74) is 0.389. The first kappa shape index (κ1) is 13.0. The predicted molar refractivity (Wildman–Crippen MR) is 62.4 cm³/mol. The van der Waals surface area contributed by atoms with Crippen molar-refractivity contribution in [2.45, 2.75) is 32.5 Å². The van der Waals surface area contributed by atoms with E-state index in [1.807, 2.05) is 6.92 Å². The van der Waals surface area contributed by atoms with Crippen molar-refractivity contribution in [1.29, 1.82) is 0 Å². The van der Waals surface area contributed by atoms with Crippen LogP contribution in [0.4, 0.5) is 0 Å². The number of aliphatic hydroxyl groups excluding tert-OH is 1. The molecule has 1 N–H and O–H groups in total. The fraction of sp³-hybridized carbons (Fsp3) is 0.417. The van der Waals surface area contributed by atoms with Gasteiger partial charge in [0.25, 0.3) is 0 Å². The van der Waals surface area contributed by atoms with E-state index >= 15 is 0 Å². The second kappa shape index (κ2) is 6.51. The van der Waals surface area contributed by atoms with Gasteiger partial charge >= 0.3 is 5.97 Å². The molecule has 1 atom stereocenters. The van der Waals surface area contributed by atoms with E-state index in [2.05, 4.69) is 0 Å². The van der Waals surface area contributed by atoms with Crippen molar-refractivity contribution in [2.75, 3.05) is 0 Å². The van der Waals surface area contributed by atoms with Gasteiger partial charge in [0.1, 0.15) is 0 Å². The first-order valence-electron chi connectivity index (χ1n) is 5.28. The summed E-state index contributed by atoms with van der Waals surface area (Å²) >= 11 is 5.69. The van der Waals surface area contributed by atoms with E-state index < -0.39 is 12.3 Å². The van der Waals surface area contributed by atoms with Crippen molar-refractivity contribution in [3.8, 4) is 0 Å². The number of aliphatic hydroxyl groups is 1. The molecule has 0 aromatic heterocycles. The van der Waals surface area contributed by atoms with E-state index in [1.54, 1.807) is 24.3 Å². The van der Waals surface area contributed by atoms with Gasteiger partial charge < -0.3 is 9.84 Å². The fourth-order valence-electron chi connectivity index (χ4n) is 1.22. The molecule has 88 valence electrons. The number of benzene rings is 1. The maximum atomic E-state index is 11.5. The minimum atomic E-state index is -1.02. The van der Waals surface area contributed by atoms with Crippen LogP contribution in [0.5, 0.6) is 0 Å². The molecule has 0 bridgehead atoms. The van der Waals surface area contributed by atoms with Crippen LogP contribution < -0.4 is 0 Å². The van der Waals surface area contributed by atoms with Crippen LogP contribution in [-0.2, 0) is 4.74 Å². The van der Waals surface area contributed by atoms with E-state index in [4.69, 9.17) is 16.3 Å². The van der Waals surface area contributed by atoms with E-state index in [0.717, 1.165) is 12.8 Å². The van der Waals surface area contributed by atoms with Crippen molar-refractivity contribution in [1.82, 2.24) is 0 Å². The molecular weight excluding hydrogens is 228 g/mol. The molecule has 0 heterocycles. The van der Waals surface area contributed by atoms with Crippen LogP contribution in [-0.4, -0.2) is 17.4 Å². The van der Waals surface area contributed by atoms with E-state index in [9.17, 15) is 9.90 Å². The van der Waals surface area contributed by atoms with Crippen molar-refractivity contribution in [3.63, 3.8) is 0 Å². The van der Waals surface area contributed by atoms with E-state index in [1.165, 1.54) is 0 Å². The van der Waals surface area contributed by atoms with Gasteiger partial charge in [0.2, 0.25) is 6.29 Å². The molecule has 0 saturated heterocycles. The highest BCUT2D eigenvalue weighted by atomic mass is 35.5. The van der Waals surface area contributed by atoms with Crippen LogP contribution in [0.25, 0.3) is 0 Å². The molecule has 0 fully saturated rings. The lowest BCUT2D eigenvalue weighted by Gasteiger charge is -2.11. The quantitative estimate of drug-likeness (QED) is 0.638. The van der Waals surface area contributed by atoms with Gasteiger partial charge in [-0.15, -0.1) is 0 Å². The van der Waals surface area contributed by atoms with Gasteiger partial charge in [-0.2, -0.15) is 0 Å². The first-order chi connectivity index (χ1) is 7.63. The Morgan fingerprint density at radius 3 is 2.62 bits per heavy atom. The number of unbranched alkanes of at least 4 members (excludes halogenated alkanes) is 1. The highest BCUT2D eigenvalue weighted by molar-refractivity contribution is 6.30. The molecule has 0 aliphatic carbocycles. The smallest absolute Gasteiger partial charge is 0.340 e. The van der Waals surface area contributed by atoms with Gasteiger partial charge in [0.05, 0.1) is 5.56 Å². The number of carbonyl (C=O) groups excluding carboxylic acids is 1. The molecule has 1 rings (SSSR count). The lowest BCUT2D eigenvalue weighted by atomic mass is 10.2. The minimum absolute atomic E-state index is 0.389. The molecule has 0 spiro atoms. The lowest BCUT2D eigenvalue weighted by molar-refractivity contribution is -0.0692. The lowest BCUT2D eigenvalue weighted by Crippen LogP contribution is -2.17. The molecule has 4 heteroatoms. The SMILES string of the molecule is CCCCC(O)OC(=O)c1ccc(Cl)cc1. The van der Waals surface area contributed by atoms with Crippen molar-refractivity contribution >= 4 is 17.6 Å². The van der Waals surface area contributed by atoms with Gasteiger partial charge in [-0.1, -0.05) is 24.9 Å². The van der Waals surface area contributed by atoms with Gasteiger partial charge in [-0.3, -0.25) is 0 Å². The highest BCUT2D eigenvalue weighted by Crippen LogP contribution is 2.12. The number of esters is 1. The standard InChI is InChI=1S/C12H15ClO3/c1-2-3-4-11(14)16-12(15)9-5-7-10(13)8-6-9/h5-8,11,14H,2-4H2,1H3. The Labute approximate surface area is 100.0 Å². The monoisotopic (exact) mass is 242 g/mol. The Bertz CT molecular complexity index is 335. The largest absolute Gasteiger partial charge is 0.432 e. The average Bonchev–Trinajstić information content (AvgIpc) is 2.27. The molecule has 0 aliphatic rings. The molecule has 16 heavy (non-hydrogen) atoms. The Morgan fingerprint density at radius 2 is 2.06 bits per heavy atom. The number of rotatable bonds is 5. The van der Waals surface area contributed by atoms with Crippen molar-refractivity contribution in [2.24, 2.45) is 0 Å². The zero-order chi connectivity index (χ0) is 12.0. The number of hydrogen-bond donors (Lipinski definition) is 1. The Balaban J connectivity index is 2.48. The first-order valence-corrected chi connectivity index (χ1v) is 5.66. The normalized spacial score (nSPS) is 12.2. The third-order valence-electron chi connectivity index (χ3n) is 2.13. The molecule has 1 aromatic rings. The Kier molecular flexibility index (Phi) is 5.29. The summed E-state index contributed by atoms with van der Waals surface area (Å²) in [4.78, 5) is 11.5. The minimum Gasteiger partial charge on any atom is -0.432 e. The molecule has 0 saturated carbocycles. The van der Waals surface area contributed by atoms with Gasteiger partial charge in [0.15, 0.2) is 0 Å². The van der Waals surface area contributed by atoms with Gasteiger partial charge in [-0.05, 0) is 30.7 Å². The van der Waals surface area contributed by atoms with E-state index in [0.29, 0.717) is 17.0 Å². The van der Waals surface area contributed by atoms with Gasteiger partial charge in [-0.25, -0.2) is 4.79 Å². The Morgan fingerprint density at radius 1 is 1.44 bits per heavy atom. The molecule has 3 nitrogen and oxygen atoms in total.